The standard InChI is InChI=1S/C23H18N2O3/c26-20-8-6-17(7-9-20)16-28-22-15-25(13-11-21(22)27)23-14-19(10-12-24-23)18-4-2-1-3-5-18/h1-15,26H,16H2. The first-order valence-electron chi connectivity index (χ1n) is 8.84. The maximum Gasteiger partial charge on any atom is 0.223 e. The van der Waals surface area contributed by atoms with Crippen LogP contribution in [0.15, 0.2) is 96.2 Å². The Morgan fingerprint density at radius 2 is 1.71 bits per heavy atom. The van der Waals surface area contributed by atoms with Crippen molar-refractivity contribution in [3.05, 3.63) is 107 Å². The SMILES string of the molecule is O=c1ccn(-c2cc(-c3ccccc3)ccn2)cc1OCc1ccc(O)cc1. The van der Waals surface area contributed by atoms with E-state index in [0.29, 0.717) is 5.82 Å². The molecule has 4 rings (SSSR count). The first-order valence-corrected chi connectivity index (χ1v) is 8.84. The highest BCUT2D eigenvalue weighted by atomic mass is 16.5. The Bertz CT molecular complexity index is 1140. The van der Waals surface area contributed by atoms with Gasteiger partial charge in [-0.2, -0.15) is 0 Å². The van der Waals surface area contributed by atoms with Crippen molar-refractivity contribution >= 4 is 0 Å². The van der Waals surface area contributed by atoms with Gasteiger partial charge >= 0.3 is 0 Å². The van der Waals surface area contributed by atoms with E-state index in [1.54, 1.807) is 47.4 Å². The van der Waals surface area contributed by atoms with Crippen molar-refractivity contribution in [2.45, 2.75) is 6.61 Å². The molecule has 2 heterocycles. The van der Waals surface area contributed by atoms with Crippen LogP contribution in [-0.4, -0.2) is 14.7 Å². The number of aromatic nitrogens is 2. The van der Waals surface area contributed by atoms with E-state index in [1.807, 2.05) is 42.5 Å². The Morgan fingerprint density at radius 3 is 2.50 bits per heavy atom. The van der Waals surface area contributed by atoms with E-state index in [2.05, 4.69) is 4.98 Å². The normalized spacial score (nSPS) is 10.6. The number of aromatic hydroxyl groups is 1. The second-order valence-electron chi connectivity index (χ2n) is 6.30. The number of rotatable bonds is 5. The van der Waals surface area contributed by atoms with Crippen molar-refractivity contribution in [3.63, 3.8) is 0 Å². The summed E-state index contributed by atoms with van der Waals surface area (Å²) in [5, 5.41) is 9.35. The van der Waals surface area contributed by atoms with Crippen molar-refractivity contribution in [2.24, 2.45) is 0 Å². The lowest BCUT2D eigenvalue weighted by Gasteiger charge is -2.11. The lowest BCUT2D eigenvalue weighted by atomic mass is 10.1. The monoisotopic (exact) mass is 370 g/mol. The van der Waals surface area contributed by atoms with Gasteiger partial charge in [-0.3, -0.25) is 4.79 Å². The fourth-order valence-electron chi connectivity index (χ4n) is 2.84. The molecule has 0 bridgehead atoms. The number of nitrogens with zero attached hydrogens (tertiary/aromatic N) is 2. The van der Waals surface area contributed by atoms with E-state index < -0.39 is 0 Å². The average Bonchev–Trinajstić information content (AvgIpc) is 2.75. The highest BCUT2D eigenvalue weighted by Gasteiger charge is 2.06. The predicted molar refractivity (Wildman–Crippen MR) is 108 cm³/mol. The highest BCUT2D eigenvalue weighted by Crippen LogP contribution is 2.21. The van der Waals surface area contributed by atoms with E-state index in [0.717, 1.165) is 16.7 Å². The third-order valence-corrected chi connectivity index (χ3v) is 4.33. The minimum Gasteiger partial charge on any atom is -0.508 e. The maximum atomic E-state index is 12.2. The average molecular weight is 370 g/mol. The molecule has 0 saturated heterocycles. The number of benzene rings is 2. The maximum absolute atomic E-state index is 12.2. The molecule has 0 spiro atoms. The predicted octanol–water partition coefficient (Wildman–Crippen LogP) is 4.18. The molecule has 0 unspecified atom stereocenters. The zero-order chi connectivity index (χ0) is 19.3. The third kappa shape index (κ3) is 3.94. The first-order chi connectivity index (χ1) is 13.7. The van der Waals surface area contributed by atoms with Crippen LogP contribution in [0.3, 0.4) is 0 Å². The van der Waals surface area contributed by atoms with Gasteiger partial charge in [0.05, 0.1) is 6.20 Å². The van der Waals surface area contributed by atoms with Crippen LogP contribution >= 0.6 is 0 Å². The molecule has 5 nitrogen and oxygen atoms in total. The summed E-state index contributed by atoms with van der Waals surface area (Å²) < 4.78 is 7.46. The summed E-state index contributed by atoms with van der Waals surface area (Å²) in [4.78, 5) is 16.6. The zero-order valence-corrected chi connectivity index (χ0v) is 15.0. The van der Waals surface area contributed by atoms with Gasteiger partial charge in [-0.15, -0.1) is 0 Å². The van der Waals surface area contributed by atoms with Gasteiger partial charge in [0.1, 0.15) is 18.2 Å². The van der Waals surface area contributed by atoms with Crippen LogP contribution in [0.1, 0.15) is 5.56 Å². The topological polar surface area (TPSA) is 64.4 Å². The van der Waals surface area contributed by atoms with E-state index >= 15 is 0 Å². The van der Waals surface area contributed by atoms with Gasteiger partial charge in [0.25, 0.3) is 0 Å². The summed E-state index contributed by atoms with van der Waals surface area (Å²) in [5.74, 6) is 1.12. The van der Waals surface area contributed by atoms with Crippen molar-refractivity contribution < 1.29 is 9.84 Å². The summed E-state index contributed by atoms with van der Waals surface area (Å²) in [6.07, 6.45) is 5.06. The van der Waals surface area contributed by atoms with Crippen LogP contribution < -0.4 is 10.2 Å². The van der Waals surface area contributed by atoms with E-state index in [9.17, 15) is 9.90 Å². The minimum atomic E-state index is -0.200. The molecule has 0 atom stereocenters. The Labute approximate surface area is 162 Å². The van der Waals surface area contributed by atoms with Crippen LogP contribution in [0.4, 0.5) is 0 Å². The second-order valence-corrected chi connectivity index (χ2v) is 6.30. The van der Waals surface area contributed by atoms with Crippen LogP contribution in [0.2, 0.25) is 0 Å². The number of hydrogen-bond donors (Lipinski definition) is 1. The van der Waals surface area contributed by atoms with Gasteiger partial charge in [0.15, 0.2) is 5.75 Å². The van der Waals surface area contributed by atoms with E-state index in [4.69, 9.17) is 4.74 Å². The summed E-state index contributed by atoms with van der Waals surface area (Å²) in [5.41, 5.74) is 2.79. The molecule has 1 N–H and O–H groups in total. The molecule has 28 heavy (non-hydrogen) atoms. The molecule has 5 heteroatoms. The van der Waals surface area contributed by atoms with Crippen LogP contribution in [0.5, 0.6) is 11.5 Å². The van der Waals surface area contributed by atoms with Gasteiger partial charge in [-0.05, 0) is 41.0 Å². The third-order valence-electron chi connectivity index (χ3n) is 4.33. The van der Waals surface area contributed by atoms with Crippen molar-refractivity contribution in [2.75, 3.05) is 0 Å². The molecular weight excluding hydrogens is 352 g/mol. The molecule has 4 aromatic rings. The number of phenols is 1. The minimum absolute atomic E-state index is 0.190. The molecule has 2 aromatic carbocycles. The Balaban J connectivity index is 1.60. The first kappa shape index (κ1) is 17.5. The molecule has 138 valence electrons. The van der Waals surface area contributed by atoms with Crippen molar-refractivity contribution in [1.82, 2.24) is 9.55 Å². The quantitative estimate of drug-likeness (QED) is 0.572. The molecule has 0 saturated carbocycles. The number of hydrogen-bond acceptors (Lipinski definition) is 4. The largest absolute Gasteiger partial charge is 0.508 e. The van der Waals surface area contributed by atoms with Crippen LogP contribution in [-0.2, 0) is 6.61 Å². The van der Waals surface area contributed by atoms with E-state index in [-0.39, 0.29) is 23.5 Å². The Morgan fingerprint density at radius 1 is 0.929 bits per heavy atom. The summed E-state index contributed by atoms with van der Waals surface area (Å²) in [7, 11) is 0. The molecule has 2 aromatic heterocycles. The summed E-state index contributed by atoms with van der Waals surface area (Å²) >= 11 is 0. The summed E-state index contributed by atoms with van der Waals surface area (Å²) in [6.45, 7) is 0.233. The van der Waals surface area contributed by atoms with Gasteiger partial charge in [0, 0.05) is 18.5 Å². The number of ether oxygens (including phenoxy) is 1. The molecule has 0 aliphatic rings. The molecule has 0 aliphatic heterocycles. The number of pyridine rings is 2. The smallest absolute Gasteiger partial charge is 0.223 e. The van der Waals surface area contributed by atoms with Gasteiger partial charge in [-0.1, -0.05) is 42.5 Å². The fraction of sp³-hybridized carbons (Fsp3) is 0.0435. The van der Waals surface area contributed by atoms with Gasteiger partial charge in [0.2, 0.25) is 5.43 Å². The molecule has 0 radical (unpaired) electrons. The van der Waals surface area contributed by atoms with Crippen LogP contribution in [0, 0.1) is 0 Å². The molecule has 0 fully saturated rings. The fourth-order valence-corrected chi connectivity index (χ4v) is 2.84. The lowest BCUT2D eigenvalue weighted by molar-refractivity contribution is 0.301. The molecule has 0 amide bonds. The highest BCUT2D eigenvalue weighted by molar-refractivity contribution is 5.64. The summed E-state index contributed by atoms with van der Waals surface area (Å²) in [6, 6.07) is 22.1. The van der Waals surface area contributed by atoms with Gasteiger partial charge < -0.3 is 14.4 Å². The van der Waals surface area contributed by atoms with Crippen molar-refractivity contribution in [1.29, 1.82) is 0 Å². The molecule has 0 aliphatic carbocycles. The van der Waals surface area contributed by atoms with E-state index in [1.165, 1.54) is 6.07 Å². The zero-order valence-electron chi connectivity index (χ0n) is 15.0. The molecular formula is C23H18N2O3. The Kier molecular flexibility index (Phi) is 4.89. The van der Waals surface area contributed by atoms with Crippen molar-refractivity contribution in [3.8, 4) is 28.4 Å². The van der Waals surface area contributed by atoms with Crippen LogP contribution in [0.25, 0.3) is 16.9 Å². The second kappa shape index (κ2) is 7.80. The van der Waals surface area contributed by atoms with Gasteiger partial charge in [-0.25, -0.2) is 4.98 Å². The number of phenolic OH excluding ortho intramolecular Hbond substituents is 1. The Hall–Kier alpha value is -3.86. The lowest BCUT2D eigenvalue weighted by Crippen LogP contribution is -2.10.